The van der Waals surface area contributed by atoms with E-state index in [1.165, 1.54) is 0 Å². The Morgan fingerprint density at radius 1 is 1.24 bits per heavy atom. The highest BCUT2D eigenvalue weighted by Crippen LogP contribution is 2.36. The molecule has 1 aliphatic carbocycles. The Morgan fingerprint density at radius 2 is 2.00 bits per heavy atom. The third-order valence-corrected chi connectivity index (χ3v) is 6.31. The molecule has 2 N–H and O–H groups in total. The molecule has 3 aliphatic rings. The van der Waals surface area contributed by atoms with Gasteiger partial charge in [0.05, 0.1) is 0 Å². The van der Waals surface area contributed by atoms with Crippen LogP contribution < -0.4 is 10.7 Å². The second-order valence-corrected chi connectivity index (χ2v) is 7.53. The number of carbonyl (C=O) groups excluding carboxylic acids is 2. The van der Waals surface area contributed by atoms with Crippen molar-refractivity contribution in [1.82, 2.24) is 25.6 Å². The molecule has 0 aromatic heterocycles. The van der Waals surface area contributed by atoms with Crippen LogP contribution in [0.15, 0.2) is 0 Å². The summed E-state index contributed by atoms with van der Waals surface area (Å²) in [7, 11) is 1.91. The summed E-state index contributed by atoms with van der Waals surface area (Å²) in [5.41, 5.74) is 3.39. The van der Waals surface area contributed by atoms with Gasteiger partial charge in [-0.2, -0.15) is 0 Å². The molecule has 7 heteroatoms. The summed E-state index contributed by atoms with van der Waals surface area (Å²) in [6, 6.07) is 0.474. The lowest BCUT2D eigenvalue weighted by atomic mass is 9.79. The van der Waals surface area contributed by atoms with E-state index in [9.17, 15) is 9.59 Å². The summed E-state index contributed by atoms with van der Waals surface area (Å²) in [5.74, 6) is 0.379. The smallest absolute Gasteiger partial charge is 0.241 e. The van der Waals surface area contributed by atoms with Crippen molar-refractivity contribution in [2.45, 2.75) is 57.7 Å². The lowest BCUT2D eigenvalue weighted by molar-refractivity contribution is -0.153. The van der Waals surface area contributed by atoms with Crippen LogP contribution in [0.1, 0.15) is 39.5 Å². The molecule has 0 spiro atoms. The van der Waals surface area contributed by atoms with Crippen molar-refractivity contribution in [3.63, 3.8) is 0 Å². The fraction of sp³-hybridized carbons (Fsp3) is 0.889. The first-order valence-electron chi connectivity index (χ1n) is 9.85. The van der Waals surface area contributed by atoms with Crippen molar-refractivity contribution in [1.29, 1.82) is 0 Å². The fourth-order valence-corrected chi connectivity index (χ4v) is 4.70. The predicted octanol–water partition coefficient (Wildman–Crippen LogP) is 0.0326. The van der Waals surface area contributed by atoms with Gasteiger partial charge in [0.2, 0.25) is 11.8 Å². The number of amides is 2. The summed E-state index contributed by atoms with van der Waals surface area (Å²) in [5, 5.41) is 5.29. The molecule has 2 saturated heterocycles. The van der Waals surface area contributed by atoms with Crippen molar-refractivity contribution in [3.05, 3.63) is 0 Å². The second kappa shape index (κ2) is 8.01. The molecule has 0 radical (unpaired) electrons. The van der Waals surface area contributed by atoms with Gasteiger partial charge in [-0.25, -0.2) is 5.01 Å². The first-order chi connectivity index (χ1) is 12.1. The maximum Gasteiger partial charge on any atom is 0.241 e. The van der Waals surface area contributed by atoms with Gasteiger partial charge in [0.25, 0.3) is 0 Å². The van der Waals surface area contributed by atoms with Crippen molar-refractivity contribution in [3.8, 4) is 0 Å². The Balaban J connectivity index is 1.55. The van der Waals surface area contributed by atoms with E-state index in [1.807, 2.05) is 11.9 Å². The van der Waals surface area contributed by atoms with Gasteiger partial charge in [0, 0.05) is 44.7 Å². The first-order valence-corrected chi connectivity index (χ1v) is 9.85. The molecule has 25 heavy (non-hydrogen) atoms. The number of nitrogens with one attached hydrogen (secondary N) is 2. The Labute approximate surface area is 151 Å². The van der Waals surface area contributed by atoms with Gasteiger partial charge in [-0.1, -0.05) is 13.8 Å². The Morgan fingerprint density at radius 3 is 2.72 bits per heavy atom. The molecular formula is C18H33N5O2. The molecule has 1 saturated carbocycles. The first kappa shape index (κ1) is 18.6. The van der Waals surface area contributed by atoms with Crippen molar-refractivity contribution < 1.29 is 9.59 Å². The molecule has 4 atom stereocenters. The third kappa shape index (κ3) is 3.68. The molecule has 2 aliphatic heterocycles. The summed E-state index contributed by atoms with van der Waals surface area (Å²) in [6.45, 7) is 8.78. The van der Waals surface area contributed by atoms with Crippen LogP contribution in [-0.4, -0.2) is 84.5 Å². The number of fused-ring (bicyclic) bond motifs is 3. The summed E-state index contributed by atoms with van der Waals surface area (Å²) in [4.78, 5) is 29.4. The number of hydrogen-bond acceptors (Lipinski definition) is 5. The number of nitrogens with zero attached hydrogens (tertiary/aromatic N) is 3. The van der Waals surface area contributed by atoms with Crippen LogP contribution in [-0.2, 0) is 9.59 Å². The molecule has 142 valence electrons. The molecule has 3 fully saturated rings. The van der Waals surface area contributed by atoms with Gasteiger partial charge in [0.1, 0.15) is 6.04 Å². The van der Waals surface area contributed by atoms with Crippen LogP contribution in [0.2, 0.25) is 0 Å². The zero-order valence-electron chi connectivity index (χ0n) is 15.8. The van der Waals surface area contributed by atoms with Crippen LogP contribution in [0.3, 0.4) is 0 Å². The minimum atomic E-state index is -0.00861. The van der Waals surface area contributed by atoms with Gasteiger partial charge in [-0.05, 0) is 38.8 Å². The standard InChI is InChI=1S/C18H33N5O2/c1-4-22(5-2)11-10-19-17(24)13-6-7-14-16(12-13)21(3)18(25)15-8-9-20-23(14)15/h13-16,20H,4-12H2,1-3H3,(H,19,24). The van der Waals surface area contributed by atoms with E-state index in [0.29, 0.717) is 12.6 Å². The lowest BCUT2D eigenvalue weighted by Crippen LogP contribution is -2.67. The number of likely N-dealkylation sites (N-methyl/N-ethyl adjacent to an activating group) is 2. The minimum absolute atomic E-state index is 0.00861. The highest BCUT2D eigenvalue weighted by Gasteiger charge is 2.50. The van der Waals surface area contributed by atoms with Crippen LogP contribution in [0.5, 0.6) is 0 Å². The molecule has 2 amide bonds. The van der Waals surface area contributed by atoms with Gasteiger partial charge >= 0.3 is 0 Å². The zero-order valence-corrected chi connectivity index (χ0v) is 15.8. The summed E-state index contributed by atoms with van der Waals surface area (Å²) >= 11 is 0. The fourth-order valence-electron chi connectivity index (χ4n) is 4.70. The number of rotatable bonds is 6. The average Bonchev–Trinajstić information content (AvgIpc) is 3.12. The predicted molar refractivity (Wildman–Crippen MR) is 96.7 cm³/mol. The number of hydrazine groups is 1. The quantitative estimate of drug-likeness (QED) is 0.707. The lowest BCUT2D eigenvalue weighted by Gasteiger charge is -2.50. The Hall–Kier alpha value is -1.18. The van der Waals surface area contributed by atoms with Crippen molar-refractivity contribution >= 4 is 11.8 Å². The number of carbonyl (C=O) groups is 2. The van der Waals surface area contributed by atoms with Gasteiger partial charge in [0.15, 0.2) is 0 Å². The van der Waals surface area contributed by atoms with Crippen molar-refractivity contribution in [2.24, 2.45) is 5.92 Å². The summed E-state index contributed by atoms with van der Waals surface area (Å²) < 4.78 is 0. The Kier molecular flexibility index (Phi) is 5.96. The van der Waals surface area contributed by atoms with Gasteiger partial charge in [-0.15, -0.1) is 0 Å². The topological polar surface area (TPSA) is 67.9 Å². The molecule has 7 nitrogen and oxygen atoms in total. The average molecular weight is 351 g/mol. The summed E-state index contributed by atoms with van der Waals surface area (Å²) in [6.07, 6.45) is 3.54. The van der Waals surface area contributed by atoms with E-state index in [4.69, 9.17) is 0 Å². The molecule has 0 aromatic carbocycles. The monoisotopic (exact) mass is 351 g/mol. The maximum atomic E-state index is 12.6. The van der Waals surface area contributed by atoms with Gasteiger partial charge in [-0.3, -0.25) is 15.0 Å². The van der Waals surface area contributed by atoms with Crippen LogP contribution in [0.25, 0.3) is 0 Å². The third-order valence-electron chi connectivity index (χ3n) is 6.31. The molecule has 3 rings (SSSR count). The normalized spacial score (nSPS) is 32.6. The number of piperazine rings is 1. The molecule has 0 aromatic rings. The molecule has 4 unspecified atom stereocenters. The van der Waals surface area contributed by atoms with Crippen LogP contribution in [0.4, 0.5) is 0 Å². The van der Waals surface area contributed by atoms with Crippen molar-refractivity contribution in [2.75, 3.05) is 39.8 Å². The van der Waals surface area contributed by atoms with E-state index in [1.54, 1.807) is 0 Å². The zero-order chi connectivity index (χ0) is 18.0. The molecule has 0 bridgehead atoms. The van der Waals surface area contributed by atoms with Crippen LogP contribution >= 0.6 is 0 Å². The largest absolute Gasteiger partial charge is 0.355 e. The molecular weight excluding hydrogens is 318 g/mol. The Bertz CT molecular complexity index is 496. The highest BCUT2D eigenvalue weighted by atomic mass is 16.2. The maximum absolute atomic E-state index is 12.6. The van der Waals surface area contributed by atoms with E-state index in [-0.39, 0.29) is 29.8 Å². The second-order valence-electron chi connectivity index (χ2n) is 7.53. The van der Waals surface area contributed by atoms with Crippen LogP contribution in [0, 0.1) is 5.92 Å². The van der Waals surface area contributed by atoms with E-state index in [2.05, 4.69) is 34.5 Å². The number of hydrogen-bond donors (Lipinski definition) is 2. The SMILES string of the molecule is CCN(CC)CCNC(=O)C1CCC2C(C1)N(C)C(=O)C1CCNN12. The van der Waals surface area contributed by atoms with E-state index >= 15 is 0 Å². The van der Waals surface area contributed by atoms with E-state index < -0.39 is 0 Å². The van der Waals surface area contributed by atoms with E-state index in [0.717, 1.165) is 51.9 Å². The molecule has 2 heterocycles. The minimum Gasteiger partial charge on any atom is -0.355 e. The van der Waals surface area contributed by atoms with Gasteiger partial charge < -0.3 is 15.1 Å². The highest BCUT2D eigenvalue weighted by molar-refractivity contribution is 5.84.